The van der Waals surface area contributed by atoms with Crippen LogP contribution in [-0.4, -0.2) is 53.5 Å². The number of benzene rings is 1. The van der Waals surface area contributed by atoms with E-state index < -0.39 is 41.5 Å². The molecule has 0 bridgehead atoms. The number of nitrogens with two attached hydrogens (primary N) is 1. The SMILES string of the molecule is Nc1c(C(=O)O)sc2nc(N3CCC(NCC(O)c4ccc(OC(F)F)cc4)CC3)cc(C(F)(F)F)c12. The van der Waals surface area contributed by atoms with Crippen LogP contribution in [0.2, 0.25) is 0 Å². The zero-order valence-corrected chi connectivity index (χ0v) is 20.0. The number of aromatic nitrogens is 1. The smallest absolute Gasteiger partial charge is 0.417 e. The number of pyridine rings is 1. The lowest BCUT2D eigenvalue weighted by molar-refractivity contribution is -0.136. The molecule has 0 aliphatic carbocycles. The molecule has 8 nitrogen and oxygen atoms in total. The summed E-state index contributed by atoms with van der Waals surface area (Å²) in [5, 5.41) is 22.5. The van der Waals surface area contributed by atoms with Crippen molar-refractivity contribution in [1.82, 2.24) is 10.3 Å². The maximum Gasteiger partial charge on any atom is 0.417 e. The number of carbonyl (C=O) groups is 1. The number of alkyl halides is 5. The van der Waals surface area contributed by atoms with Gasteiger partial charge < -0.3 is 30.9 Å². The van der Waals surface area contributed by atoms with Gasteiger partial charge in [0.15, 0.2) is 0 Å². The van der Waals surface area contributed by atoms with Gasteiger partial charge >= 0.3 is 18.8 Å². The molecular formula is C23H23F5N4O4S. The number of carboxylic acids is 1. The number of piperidine rings is 1. The molecule has 5 N–H and O–H groups in total. The second-order valence-electron chi connectivity index (χ2n) is 8.49. The van der Waals surface area contributed by atoms with Crippen LogP contribution in [0.25, 0.3) is 10.2 Å². The van der Waals surface area contributed by atoms with Crippen LogP contribution in [-0.2, 0) is 6.18 Å². The number of rotatable bonds is 8. The largest absolute Gasteiger partial charge is 0.477 e. The summed E-state index contributed by atoms with van der Waals surface area (Å²) in [5.74, 6) is -1.35. The summed E-state index contributed by atoms with van der Waals surface area (Å²) in [7, 11) is 0. The van der Waals surface area contributed by atoms with Gasteiger partial charge in [-0.15, -0.1) is 11.3 Å². The Morgan fingerprint density at radius 1 is 1.24 bits per heavy atom. The first-order valence-electron chi connectivity index (χ1n) is 11.2. The van der Waals surface area contributed by atoms with E-state index in [1.165, 1.54) is 24.3 Å². The number of hydrogen-bond acceptors (Lipinski definition) is 8. The van der Waals surface area contributed by atoms with Crippen LogP contribution >= 0.6 is 11.3 Å². The average Bonchev–Trinajstić information content (AvgIpc) is 3.18. The number of nitrogens with zero attached hydrogens (tertiary/aromatic N) is 2. The van der Waals surface area contributed by atoms with Gasteiger partial charge in [0.05, 0.1) is 17.4 Å². The summed E-state index contributed by atoms with van der Waals surface area (Å²) in [5.41, 5.74) is 4.76. The summed E-state index contributed by atoms with van der Waals surface area (Å²) in [6, 6.07) is 6.52. The van der Waals surface area contributed by atoms with Gasteiger partial charge in [0, 0.05) is 31.1 Å². The zero-order valence-electron chi connectivity index (χ0n) is 19.1. The molecule has 4 rings (SSSR count). The topological polar surface area (TPSA) is 121 Å². The van der Waals surface area contributed by atoms with Crippen LogP contribution in [0.3, 0.4) is 0 Å². The third-order valence-corrected chi connectivity index (χ3v) is 7.18. The van der Waals surface area contributed by atoms with E-state index in [4.69, 9.17) is 5.73 Å². The number of fused-ring (bicyclic) bond motifs is 1. The quantitative estimate of drug-likeness (QED) is 0.305. The molecule has 3 aromatic rings. The lowest BCUT2D eigenvalue weighted by Gasteiger charge is -2.34. The van der Waals surface area contributed by atoms with Crippen molar-refractivity contribution in [2.24, 2.45) is 0 Å². The summed E-state index contributed by atoms with van der Waals surface area (Å²) in [6.07, 6.45) is -4.53. The van der Waals surface area contributed by atoms with Gasteiger partial charge in [-0.25, -0.2) is 9.78 Å². The van der Waals surface area contributed by atoms with Crippen LogP contribution in [0.4, 0.5) is 33.5 Å². The van der Waals surface area contributed by atoms with Gasteiger partial charge in [-0.05, 0) is 36.6 Å². The third kappa shape index (κ3) is 6.02. The molecule has 200 valence electrons. The monoisotopic (exact) mass is 546 g/mol. The molecule has 1 unspecified atom stereocenters. The molecule has 14 heteroatoms. The van der Waals surface area contributed by atoms with Gasteiger partial charge in [0.25, 0.3) is 0 Å². The number of hydrogen-bond donors (Lipinski definition) is 4. The number of aliphatic hydroxyl groups excluding tert-OH is 1. The van der Waals surface area contributed by atoms with Crippen molar-refractivity contribution in [1.29, 1.82) is 0 Å². The Balaban J connectivity index is 1.40. The Kier molecular flexibility index (Phi) is 7.71. The minimum absolute atomic E-state index is 0.0174. The second-order valence-corrected chi connectivity index (χ2v) is 9.49. The van der Waals surface area contributed by atoms with Crippen molar-refractivity contribution in [3.05, 3.63) is 46.3 Å². The predicted molar refractivity (Wildman–Crippen MR) is 127 cm³/mol. The number of thiophene rings is 1. The van der Waals surface area contributed by atoms with Crippen molar-refractivity contribution in [2.75, 3.05) is 30.3 Å². The number of nitrogen functional groups attached to an aromatic ring is 1. The highest BCUT2D eigenvalue weighted by Crippen LogP contribution is 2.43. The number of aliphatic hydroxyl groups is 1. The second kappa shape index (κ2) is 10.6. The van der Waals surface area contributed by atoms with Crippen molar-refractivity contribution in [3.63, 3.8) is 0 Å². The van der Waals surface area contributed by atoms with E-state index >= 15 is 0 Å². The number of ether oxygens (including phenoxy) is 1. The number of carboxylic acid groups (broad SMARTS) is 1. The van der Waals surface area contributed by atoms with Crippen LogP contribution in [0.1, 0.15) is 39.7 Å². The fourth-order valence-corrected chi connectivity index (χ4v) is 5.19. The van der Waals surface area contributed by atoms with Crippen molar-refractivity contribution in [2.45, 2.75) is 37.8 Å². The molecule has 1 aliphatic rings. The van der Waals surface area contributed by atoms with Gasteiger partial charge in [-0.3, -0.25) is 0 Å². The summed E-state index contributed by atoms with van der Waals surface area (Å²) in [6.45, 7) is -1.98. The first kappa shape index (κ1) is 26.8. The van der Waals surface area contributed by atoms with E-state index in [1.54, 1.807) is 4.90 Å². The van der Waals surface area contributed by atoms with Gasteiger partial charge in [-0.1, -0.05) is 12.1 Å². The molecule has 0 saturated carbocycles. The Hall–Kier alpha value is -3.23. The van der Waals surface area contributed by atoms with Crippen molar-refractivity contribution >= 4 is 39.0 Å². The Morgan fingerprint density at radius 2 is 1.89 bits per heavy atom. The van der Waals surface area contributed by atoms with Crippen molar-refractivity contribution < 1.29 is 41.7 Å². The molecule has 1 fully saturated rings. The first-order chi connectivity index (χ1) is 17.4. The Morgan fingerprint density at radius 3 is 2.46 bits per heavy atom. The molecule has 0 radical (unpaired) electrons. The van der Waals surface area contributed by atoms with Crippen LogP contribution < -0.4 is 20.7 Å². The number of anilines is 2. The van der Waals surface area contributed by atoms with E-state index in [-0.39, 0.29) is 33.9 Å². The summed E-state index contributed by atoms with van der Waals surface area (Å²) < 4.78 is 70.2. The van der Waals surface area contributed by atoms with E-state index in [0.29, 0.717) is 42.8 Å². The highest BCUT2D eigenvalue weighted by molar-refractivity contribution is 7.21. The molecule has 37 heavy (non-hydrogen) atoms. The number of aromatic carboxylic acids is 1. The maximum absolute atomic E-state index is 13.8. The lowest BCUT2D eigenvalue weighted by atomic mass is 10.0. The lowest BCUT2D eigenvalue weighted by Crippen LogP contribution is -2.44. The third-order valence-electron chi connectivity index (χ3n) is 6.09. The molecule has 1 aliphatic heterocycles. The van der Waals surface area contributed by atoms with E-state index in [9.17, 15) is 37.0 Å². The molecule has 1 aromatic carbocycles. The van der Waals surface area contributed by atoms with E-state index in [0.717, 1.165) is 6.07 Å². The Bertz CT molecular complexity index is 1260. The summed E-state index contributed by atoms with van der Waals surface area (Å²) >= 11 is 0.606. The Labute approximate surface area is 211 Å². The van der Waals surface area contributed by atoms with Gasteiger partial charge in [0.2, 0.25) is 0 Å². The molecule has 1 saturated heterocycles. The molecule has 0 spiro atoms. The van der Waals surface area contributed by atoms with Gasteiger partial charge in [0.1, 0.15) is 21.3 Å². The van der Waals surface area contributed by atoms with Gasteiger partial charge in [-0.2, -0.15) is 22.0 Å². The molecule has 1 atom stereocenters. The fraction of sp³-hybridized carbons (Fsp3) is 0.391. The normalized spacial score (nSPS) is 15.9. The minimum atomic E-state index is -4.75. The van der Waals surface area contributed by atoms with E-state index in [1.807, 2.05) is 0 Å². The maximum atomic E-state index is 13.8. The number of nitrogens with one attached hydrogen (secondary N) is 1. The van der Waals surface area contributed by atoms with E-state index in [2.05, 4.69) is 15.0 Å². The first-order valence-corrected chi connectivity index (χ1v) is 12.0. The highest BCUT2D eigenvalue weighted by atomic mass is 32.1. The highest BCUT2D eigenvalue weighted by Gasteiger charge is 2.37. The molecule has 3 heterocycles. The van der Waals surface area contributed by atoms with Crippen LogP contribution in [0.5, 0.6) is 5.75 Å². The fourth-order valence-electron chi connectivity index (χ4n) is 4.23. The summed E-state index contributed by atoms with van der Waals surface area (Å²) in [4.78, 5) is 16.9. The minimum Gasteiger partial charge on any atom is -0.477 e. The molecular weight excluding hydrogens is 523 g/mol. The number of halogens is 5. The van der Waals surface area contributed by atoms with Crippen molar-refractivity contribution in [3.8, 4) is 5.75 Å². The molecule has 0 amide bonds. The standard InChI is InChI=1S/C23H23F5N4O4S/c24-22(25)36-13-3-1-11(2-4-13)15(33)10-30-12-5-7-32(8-6-12)16-9-14(23(26,27)28)17-18(29)19(21(34)35)37-20(17)31-16/h1-4,9,12,15,22,30,33H,5-8,10,29H2,(H,34,35). The van der Waals surface area contributed by atoms with Crippen LogP contribution in [0.15, 0.2) is 30.3 Å². The molecule has 2 aromatic heterocycles. The van der Waals surface area contributed by atoms with Crippen LogP contribution in [0, 0.1) is 0 Å². The predicted octanol–water partition coefficient (Wildman–Crippen LogP) is 4.49. The zero-order chi connectivity index (χ0) is 26.9. The average molecular weight is 547 g/mol.